The number of likely N-dealkylation sites (tertiary alicyclic amines) is 1. The van der Waals surface area contributed by atoms with E-state index in [1.165, 1.54) is 0 Å². The van der Waals surface area contributed by atoms with E-state index in [1.807, 2.05) is 0 Å². The quantitative estimate of drug-likeness (QED) is 0.911. The molecule has 2 atom stereocenters. The third-order valence-electron chi connectivity index (χ3n) is 3.63. The summed E-state index contributed by atoms with van der Waals surface area (Å²) in [5.41, 5.74) is 5.33. The molecule has 0 aromatic heterocycles. The fourth-order valence-electron chi connectivity index (χ4n) is 2.52. The molecule has 1 aliphatic rings. The van der Waals surface area contributed by atoms with Crippen molar-refractivity contribution in [1.82, 2.24) is 4.90 Å². The maximum absolute atomic E-state index is 12.4. The summed E-state index contributed by atoms with van der Waals surface area (Å²) in [5, 5.41) is 0.878. The molecule has 7 heteroatoms. The Kier molecular flexibility index (Phi) is 5.53. The van der Waals surface area contributed by atoms with Gasteiger partial charge in [0.2, 0.25) is 5.91 Å². The number of ether oxygens (including phenoxy) is 1. The van der Waals surface area contributed by atoms with Gasteiger partial charge < -0.3 is 15.4 Å². The summed E-state index contributed by atoms with van der Waals surface area (Å²) in [6.45, 7) is 2.61. The molecule has 0 radical (unpaired) electrons. The van der Waals surface area contributed by atoms with Crippen molar-refractivity contribution in [3.63, 3.8) is 0 Å². The Hall–Kier alpha value is -1.46. The summed E-state index contributed by atoms with van der Waals surface area (Å²) < 4.78 is 5.61. The second-order valence-electron chi connectivity index (χ2n) is 5.39. The molecule has 1 aromatic carbocycles. The number of hydrogen-bond acceptors (Lipinski definition) is 3. The number of primary amides is 1. The van der Waals surface area contributed by atoms with Crippen LogP contribution in [0, 0.1) is 5.92 Å². The van der Waals surface area contributed by atoms with Crippen LogP contribution in [-0.4, -0.2) is 35.9 Å². The first-order valence-electron chi connectivity index (χ1n) is 7.07. The summed E-state index contributed by atoms with van der Waals surface area (Å²) in [6, 6.07) is 4.78. The van der Waals surface area contributed by atoms with Crippen LogP contribution < -0.4 is 10.5 Å². The number of benzene rings is 1. The zero-order chi connectivity index (χ0) is 16.3. The number of nitrogens with zero attached hydrogens (tertiary/aromatic N) is 1. The number of carbonyl (C=O) groups excluding carboxylic acids is 2. The summed E-state index contributed by atoms with van der Waals surface area (Å²) >= 11 is 11.8. The molecule has 2 amide bonds. The van der Waals surface area contributed by atoms with E-state index in [1.54, 1.807) is 30.0 Å². The highest BCUT2D eigenvalue weighted by Crippen LogP contribution is 2.25. The SMILES string of the molecule is C[C@H](Oc1cc(Cl)cc(Cl)c1)C(=O)N1CCC[C@@H](C(N)=O)C1. The fourth-order valence-corrected chi connectivity index (χ4v) is 3.02. The van der Waals surface area contributed by atoms with Gasteiger partial charge in [0.1, 0.15) is 5.75 Å². The number of nitrogens with two attached hydrogens (primary N) is 1. The van der Waals surface area contributed by atoms with E-state index in [-0.39, 0.29) is 17.7 Å². The predicted octanol–water partition coefficient (Wildman–Crippen LogP) is 2.48. The van der Waals surface area contributed by atoms with Crippen LogP contribution in [0.15, 0.2) is 18.2 Å². The molecule has 2 N–H and O–H groups in total. The van der Waals surface area contributed by atoms with Gasteiger partial charge in [0, 0.05) is 23.1 Å². The zero-order valence-corrected chi connectivity index (χ0v) is 13.7. The van der Waals surface area contributed by atoms with Crippen LogP contribution >= 0.6 is 23.2 Å². The van der Waals surface area contributed by atoms with Gasteiger partial charge in [0.05, 0.1) is 5.92 Å². The van der Waals surface area contributed by atoms with Gasteiger partial charge >= 0.3 is 0 Å². The van der Waals surface area contributed by atoms with E-state index >= 15 is 0 Å². The van der Waals surface area contributed by atoms with Gasteiger partial charge in [-0.25, -0.2) is 0 Å². The third kappa shape index (κ3) is 4.27. The Morgan fingerprint density at radius 3 is 2.55 bits per heavy atom. The minimum absolute atomic E-state index is 0.179. The summed E-state index contributed by atoms with van der Waals surface area (Å²) in [4.78, 5) is 25.3. The third-order valence-corrected chi connectivity index (χ3v) is 4.07. The number of rotatable bonds is 4. The number of halogens is 2. The zero-order valence-electron chi connectivity index (χ0n) is 12.2. The molecule has 1 saturated heterocycles. The monoisotopic (exact) mass is 344 g/mol. The number of piperidine rings is 1. The van der Waals surface area contributed by atoms with E-state index in [9.17, 15) is 9.59 Å². The lowest BCUT2D eigenvalue weighted by molar-refractivity contribution is -0.141. The topological polar surface area (TPSA) is 72.6 Å². The Morgan fingerprint density at radius 2 is 1.95 bits per heavy atom. The highest BCUT2D eigenvalue weighted by molar-refractivity contribution is 6.34. The molecule has 22 heavy (non-hydrogen) atoms. The number of carbonyl (C=O) groups is 2. The molecular formula is C15H18Cl2N2O3. The van der Waals surface area contributed by atoms with E-state index in [0.717, 1.165) is 12.8 Å². The molecule has 5 nitrogen and oxygen atoms in total. The van der Waals surface area contributed by atoms with Crippen molar-refractivity contribution in [2.24, 2.45) is 11.7 Å². The van der Waals surface area contributed by atoms with Crippen molar-refractivity contribution in [3.8, 4) is 5.75 Å². The Bertz CT molecular complexity index is 560. The Morgan fingerprint density at radius 1 is 1.32 bits per heavy atom. The summed E-state index contributed by atoms with van der Waals surface area (Å²) in [5.74, 6) is -0.401. The van der Waals surface area contributed by atoms with Crippen molar-refractivity contribution in [2.45, 2.75) is 25.9 Å². The maximum Gasteiger partial charge on any atom is 0.263 e. The van der Waals surface area contributed by atoms with Crippen molar-refractivity contribution >= 4 is 35.0 Å². The van der Waals surface area contributed by atoms with Gasteiger partial charge in [-0.05, 0) is 38.0 Å². The highest BCUT2D eigenvalue weighted by atomic mass is 35.5. The molecule has 0 unspecified atom stereocenters. The lowest BCUT2D eigenvalue weighted by Gasteiger charge is -2.33. The fraction of sp³-hybridized carbons (Fsp3) is 0.467. The summed E-state index contributed by atoms with van der Waals surface area (Å²) in [6.07, 6.45) is 0.786. The average Bonchev–Trinajstić information content (AvgIpc) is 2.45. The van der Waals surface area contributed by atoms with Crippen LogP contribution in [0.5, 0.6) is 5.75 Å². The average molecular weight is 345 g/mol. The standard InChI is InChI=1S/C15H18Cl2N2O3/c1-9(22-13-6-11(16)5-12(17)7-13)15(21)19-4-2-3-10(8-19)14(18)20/h5-7,9-10H,2-4,8H2,1H3,(H2,18,20)/t9-,10+/m0/s1. The second kappa shape index (κ2) is 7.20. The molecule has 1 aromatic rings. The molecule has 1 heterocycles. The minimum atomic E-state index is -0.693. The molecule has 2 rings (SSSR count). The smallest absolute Gasteiger partial charge is 0.263 e. The molecular weight excluding hydrogens is 327 g/mol. The normalized spacial score (nSPS) is 19.6. The van der Waals surface area contributed by atoms with E-state index < -0.39 is 6.10 Å². The molecule has 0 spiro atoms. The lowest BCUT2D eigenvalue weighted by Crippen LogP contribution is -2.48. The second-order valence-corrected chi connectivity index (χ2v) is 6.26. The van der Waals surface area contributed by atoms with Gasteiger partial charge in [-0.2, -0.15) is 0 Å². The van der Waals surface area contributed by atoms with Crippen molar-refractivity contribution < 1.29 is 14.3 Å². The molecule has 0 aliphatic carbocycles. The molecule has 0 saturated carbocycles. The first-order chi connectivity index (χ1) is 10.4. The van der Waals surface area contributed by atoms with Gasteiger partial charge in [-0.15, -0.1) is 0 Å². The van der Waals surface area contributed by atoms with Gasteiger partial charge in [-0.1, -0.05) is 23.2 Å². The lowest BCUT2D eigenvalue weighted by atomic mass is 9.97. The predicted molar refractivity (Wildman–Crippen MR) is 85.1 cm³/mol. The van der Waals surface area contributed by atoms with Crippen molar-refractivity contribution in [3.05, 3.63) is 28.2 Å². The van der Waals surface area contributed by atoms with Gasteiger partial charge in [0.25, 0.3) is 5.91 Å². The van der Waals surface area contributed by atoms with Crippen LogP contribution in [0.2, 0.25) is 10.0 Å². The molecule has 120 valence electrons. The van der Waals surface area contributed by atoms with Gasteiger partial charge in [0.15, 0.2) is 6.10 Å². The van der Waals surface area contributed by atoms with Crippen LogP contribution in [0.1, 0.15) is 19.8 Å². The summed E-state index contributed by atoms with van der Waals surface area (Å²) in [7, 11) is 0. The first kappa shape index (κ1) is 16.9. The maximum atomic E-state index is 12.4. The van der Waals surface area contributed by atoms with Crippen LogP contribution in [-0.2, 0) is 9.59 Å². The molecule has 1 aliphatic heterocycles. The Labute approximate surface area is 139 Å². The van der Waals surface area contributed by atoms with E-state index in [2.05, 4.69) is 0 Å². The minimum Gasteiger partial charge on any atom is -0.481 e. The van der Waals surface area contributed by atoms with Crippen molar-refractivity contribution in [2.75, 3.05) is 13.1 Å². The number of hydrogen-bond donors (Lipinski definition) is 1. The first-order valence-corrected chi connectivity index (χ1v) is 7.83. The van der Waals surface area contributed by atoms with Crippen LogP contribution in [0.4, 0.5) is 0 Å². The van der Waals surface area contributed by atoms with E-state index in [0.29, 0.717) is 28.9 Å². The number of amides is 2. The Balaban J connectivity index is 2.00. The molecule has 1 fully saturated rings. The van der Waals surface area contributed by atoms with Gasteiger partial charge in [-0.3, -0.25) is 9.59 Å². The van der Waals surface area contributed by atoms with Crippen LogP contribution in [0.3, 0.4) is 0 Å². The van der Waals surface area contributed by atoms with Crippen LogP contribution in [0.25, 0.3) is 0 Å². The van der Waals surface area contributed by atoms with E-state index in [4.69, 9.17) is 33.7 Å². The molecule has 0 bridgehead atoms. The largest absolute Gasteiger partial charge is 0.481 e. The highest BCUT2D eigenvalue weighted by Gasteiger charge is 2.30. The van der Waals surface area contributed by atoms with Crippen molar-refractivity contribution in [1.29, 1.82) is 0 Å².